The van der Waals surface area contributed by atoms with Crippen molar-refractivity contribution in [3.05, 3.63) is 22.3 Å². The summed E-state index contributed by atoms with van der Waals surface area (Å²) in [5.74, 6) is 0.908. The van der Waals surface area contributed by atoms with E-state index < -0.39 is 0 Å². The maximum absolute atomic E-state index is 2.36. The van der Waals surface area contributed by atoms with Crippen molar-refractivity contribution in [3.8, 4) is 0 Å². The summed E-state index contributed by atoms with van der Waals surface area (Å²) in [6, 6.07) is 0. The number of hydrogen-bond donors (Lipinski definition) is 0. The molecule has 2 aliphatic rings. The first-order valence-electron chi connectivity index (χ1n) is 5.56. The van der Waals surface area contributed by atoms with Gasteiger partial charge in [0.05, 0.1) is 0 Å². The van der Waals surface area contributed by atoms with E-state index in [1.807, 2.05) is 13.8 Å². The van der Waals surface area contributed by atoms with Gasteiger partial charge in [-0.15, -0.1) is 0 Å². The molecular formula is C13H22W4. The summed E-state index contributed by atoms with van der Waals surface area (Å²) < 4.78 is 0. The Bertz CT molecular complexity index is 241. The minimum Gasteiger partial charge on any atom is -0.0683 e. The van der Waals surface area contributed by atoms with Gasteiger partial charge >= 0.3 is 0 Å². The Morgan fingerprint density at radius 1 is 0.765 bits per heavy atom. The van der Waals surface area contributed by atoms with Crippen LogP contribution in [-0.4, -0.2) is 0 Å². The van der Waals surface area contributed by atoms with Crippen LogP contribution in [0.1, 0.15) is 53.9 Å². The molecule has 0 N–H and O–H groups in total. The Hall–Kier alpha value is 2.23. The van der Waals surface area contributed by atoms with E-state index in [9.17, 15) is 0 Å². The molecule has 0 unspecified atom stereocenters. The molecule has 0 aromatic rings. The van der Waals surface area contributed by atoms with Crippen LogP contribution >= 0.6 is 0 Å². The van der Waals surface area contributed by atoms with E-state index in [0.29, 0.717) is 0 Å². The largest absolute Gasteiger partial charge is 0.0683 e. The van der Waals surface area contributed by atoms with Crippen molar-refractivity contribution >= 4 is 0 Å². The van der Waals surface area contributed by atoms with Crippen LogP contribution in [0.4, 0.5) is 0 Å². The molecule has 0 nitrogen and oxygen atoms in total. The first kappa shape index (κ1) is 27.6. The summed E-state index contributed by atoms with van der Waals surface area (Å²) in [5.41, 5.74) is 6.69. The Labute approximate surface area is 164 Å². The van der Waals surface area contributed by atoms with Gasteiger partial charge in [0.15, 0.2) is 0 Å². The molecule has 0 heterocycles. The van der Waals surface area contributed by atoms with Crippen LogP contribution in [0.3, 0.4) is 0 Å². The number of hydrogen-bond acceptors (Lipinski definition) is 0. The minimum absolute atomic E-state index is 0. The van der Waals surface area contributed by atoms with Gasteiger partial charge in [-0.2, -0.15) is 0 Å². The van der Waals surface area contributed by atoms with Gasteiger partial charge in [-0.25, -0.2) is 0 Å². The maximum atomic E-state index is 2.36. The number of fused-ring (bicyclic) bond motifs is 1. The summed E-state index contributed by atoms with van der Waals surface area (Å²) >= 11 is 0. The zero-order valence-corrected chi connectivity index (χ0v) is 23.1. The second-order valence-corrected chi connectivity index (χ2v) is 4.21. The van der Waals surface area contributed by atoms with Crippen LogP contribution in [0.15, 0.2) is 22.3 Å². The SMILES string of the molecule is CC.CC1=C2CC(C)CC2=C(C)C1.[W].[W].[W].[W]. The molecule has 1 fully saturated rings. The smallest absolute Gasteiger partial charge is 0 e. The Morgan fingerprint density at radius 3 is 1.35 bits per heavy atom. The molecule has 0 atom stereocenters. The molecule has 0 saturated heterocycles. The Kier molecular flexibility index (Phi) is 21.4. The molecule has 0 aromatic carbocycles. The Balaban J connectivity index is -0.000000134. The predicted octanol–water partition coefficient (Wildman–Crippen LogP) is 4.47. The van der Waals surface area contributed by atoms with Crippen molar-refractivity contribution in [2.24, 2.45) is 5.92 Å². The first-order valence-corrected chi connectivity index (χ1v) is 5.56. The van der Waals surface area contributed by atoms with Crippen molar-refractivity contribution < 1.29 is 84.3 Å². The molecule has 98 valence electrons. The molecule has 0 radical (unpaired) electrons. The van der Waals surface area contributed by atoms with Crippen LogP contribution in [0.25, 0.3) is 0 Å². The molecule has 4 heteroatoms. The van der Waals surface area contributed by atoms with Crippen LogP contribution in [0, 0.1) is 5.92 Å². The Morgan fingerprint density at radius 2 is 1.06 bits per heavy atom. The second-order valence-electron chi connectivity index (χ2n) is 4.21. The van der Waals surface area contributed by atoms with Crippen molar-refractivity contribution in [1.29, 1.82) is 0 Å². The van der Waals surface area contributed by atoms with Gasteiger partial charge in [-0.3, -0.25) is 0 Å². The normalized spacial score (nSPS) is 16.8. The molecule has 2 rings (SSSR count). The molecule has 0 aromatic heterocycles. The van der Waals surface area contributed by atoms with E-state index in [1.165, 1.54) is 19.3 Å². The summed E-state index contributed by atoms with van der Waals surface area (Å²) in [6.07, 6.45) is 3.95. The molecule has 0 spiro atoms. The minimum atomic E-state index is 0. The molecule has 17 heavy (non-hydrogen) atoms. The molecule has 1 saturated carbocycles. The maximum Gasteiger partial charge on any atom is 0 e. The summed E-state index contributed by atoms with van der Waals surface area (Å²) in [5, 5.41) is 0. The average Bonchev–Trinajstić information content (AvgIpc) is 2.59. The van der Waals surface area contributed by atoms with Gasteiger partial charge < -0.3 is 0 Å². The summed E-state index contributed by atoms with van der Waals surface area (Å²) in [7, 11) is 0. The van der Waals surface area contributed by atoms with Crippen molar-refractivity contribution in [1.82, 2.24) is 0 Å². The van der Waals surface area contributed by atoms with Crippen molar-refractivity contribution in [2.45, 2.75) is 53.9 Å². The zero-order chi connectivity index (χ0) is 10.0. The third-order valence-corrected chi connectivity index (χ3v) is 3.03. The predicted molar refractivity (Wildman–Crippen MR) is 59.8 cm³/mol. The fourth-order valence-electron chi connectivity index (χ4n) is 2.49. The number of rotatable bonds is 0. The molecule has 0 bridgehead atoms. The van der Waals surface area contributed by atoms with Crippen LogP contribution in [-0.2, 0) is 84.3 Å². The second kappa shape index (κ2) is 13.2. The van der Waals surface area contributed by atoms with E-state index in [4.69, 9.17) is 0 Å². The van der Waals surface area contributed by atoms with Gasteiger partial charge in [0.25, 0.3) is 0 Å². The third-order valence-electron chi connectivity index (χ3n) is 3.03. The van der Waals surface area contributed by atoms with Gasteiger partial charge in [-0.1, -0.05) is 31.9 Å². The average molecular weight is 914 g/mol. The first-order chi connectivity index (χ1) is 6.18. The van der Waals surface area contributed by atoms with E-state index in [1.54, 1.807) is 22.3 Å². The zero-order valence-electron chi connectivity index (χ0n) is 11.3. The molecule has 0 amide bonds. The topological polar surface area (TPSA) is 0 Å². The van der Waals surface area contributed by atoms with Crippen LogP contribution < -0.4 is 0 Å². The van der Waals surface area contributed by atoms with E-state index in [2.05, 4.69) is 20.8 Å². The third kappa shape index (κ3) is 6.98. The van der Waals surface area contributed by atoms with Gasteiger partial charge in [0, 0.05) is 84.3 Å². The molecule has 2 aliphatic carbocycles. The molecule has 0 aliphatic heterocycles. The summed E-state index contributed by atoms with van der Waals surface area (Å²) in [6.45, 7) is 11.0. The summed E-state index contributed by atoms with van der Waals surface area (Å²) in [4.78, 5) is 0. The van der Waals surface area contributed by atoms with E-state index >= 15 is 0 Å². The van der Waals surface area contributed by atoms with Crippen molar-refractivity contribution in [2.75, 3.05) is 0 Å². The van der Waals surface area contributed by atoms with Crippen LogP contribution in [0.2, 0.25) is 0 Å². The van der Waals surface area contributed by atoms with Gasteiger partial charge in [0.2, 0.25) is 0 Å². The fourth-order valence-corrected chi connectivity index (χ4v) is 2.49. The van der Waals surface area contributed by atoms with E-state index in [-0.39, 0.29) is 84.3 Å². The molecular weight excluding hydrogens is 892 g/mol. The van der Waals surface area contributed by atoms with Crippen molar-refractivity contribution in [3.63, 3.8) is 0 Å². The number of allylic oxidation sites excluding steroid dienone is 4. The van der Waals surface area contributed by atoms with E-state index in [0.717, 1.165) is 5.92 Å². The monoisotopic (exact) mass is 914 g/mol. The van der Waals surface area contributed by atoms with Gasteiger partial charge in [-0.05, 0) is 50.2 Å². The fraction of sp³-hybridized carbons (Fsp3) is 0.692. The van der Waals surface area contributed by atoms with Crippen LogP contribution in [0.5, 0.6) is 0 Å². The quantitative estimate of drug-likeness (QED) is 0.337. The standard InChI is InChI=1S/C11H16.C2H6.4W/c1-7-4-10-8(2)6-9(3)11(10)5-7;1-2;;;;/h7H,4-6H2,1-3H3;1-2H3;;;;. The van der Waals surface area contributed by atoms with Gasteiger partial charge in [0.1, 0.15) is 0 Å².